The fraction of sp³-hybridized carbons (Fsp3) is 0.680. The van der Waals surface area contributed by atoms with E-state index in [2.05, 4.69) is 19.1 Å². The van der Waals surface area contributed by atoms with E-state index in [1.54, 1.807) is 0 Å². The molecule has 3 heteroatoms. The molecule has 0 nitrogen and oxygen atoms in total. The van der Waals surface area contributed by atoms with Crippen LogP contribution in [0.3, 0.4) is 0 Å². The summed E-state index contributed by atoms with van der Waals surface area (Å²) in [7, 11) is 0. The molecule has 4 rings (SSSR count). The fourth-order valence-electron chi connectivity index (χ4n) is 6.77. The summed E-state index contributed by atoms with van der Waals surface area (Å²) in [4.78, 5) is 0. The zero-order chi connectivity index (χ0) is 19.7. The maximum Gasteiger partial charge on any atom is 0.194 e. The van der Waals surface area contributed by atoms with Gasteiger partial charge in [-0.25, -0.2) is 13.2 Å². The third kappa shape index (κ3) is 4.04. The smallest absolute Gasteiger partial charge is 0.194 e. The minimum absolute atomic E-state index is 0.180. The van der Waals surface area contributed by atoms with E-state index in [1.807, 2.05) is 0 Å². The molecule has 154 valence electrons. The maximum atomic E-state index is 13.7. The Labute approximate surface area is 167 Å². The molecule has 6 atom stereocenters. The van der Waals surface area contributed by atoms with Crippen LogP contribution in [0.4, 0.5) is 13.2 Å². The van der Waals surface area contributed by atoms with Gasteiger partial charge in [-0.05, 0) is 118 Å². The lowest BCUT2D eigenvalue weighted by molar-refractivity contribution is 0.00561. The topological polar surface area (TPSA) is 0 Å². The summed E-state index contributed by atoms with van der Waals surface area (Å²) in [6.07, 6.45) is 16.9. The van der Waals surface area contributed by atoms with Crippen molar-refractivity contribution in [2.24, 2.45) is 29.6 Å². The van der Waals surface area contributed by atoms with E-state index in [-0.39, 0.29) is 5.92 Å². The highest BCUT2D eigenvalue weighted by Crippen LogP contribution is 2.55. The molecular formula is C25H33F3. The molecule has 3 fully saturated rings. The third-order valence-electron chi connectivity index (χ3n) is 8.10. The highest BCUT2D eigenvalue weighted by molar-refractivity contribution is 5.24. The molecule has 0 saturated heterocycles. The predicted octanol–water partition coefficient (Wildman–Crippen LogP) is 7.79. The second-order valence-corrected chi connectivity index (χ2v) is 9.56. The number of benzene rings is 1. The molecule has 1 aromatic carbocycles. The molecule has 0 bridgehead atoms. The van der Waals surface area contributed by atoms with E-state index in [0.717, 1.165) is 36.5 Å². The molecule has 3 aliphatic carbocycles. The van der Waals surface area contributed by atoms with Gasteiger partial charge in [-0.1, -0.05) is 18.6 Å². The second-order valence-electron chi connectivity index (χ2n) is 9.56. The van der Waals surface area contributed by atoms with Gasteiger partial charge in [0.1, 0.15) is 0 Å². The van der Waals surface area contributed by atoms with Crippen LogP contribution in [0.1, 0.15) is 82.6 Å². The molecule has 0 aliphatic heterocycles. The summed E-state index contributed by atoms with van der Waals surface area (Å²) in [5.74, 6) is 0.868. The van der Waals surface area contributed by atoms with Gasteiger partial charge in [-0.2, -0.15) is 0 Å². The first-order valence-corrected chi connectivity index (χ1v) is 11.3. The molecule has 28 heavy (non-hydrogen) atoms. The van der Waals surface area contributed by atoms with Crippen LogP contribution in [0.15, 0.2) is 24.3 Å². The predicted molar refractivity (Wildman–Crippen MR) is 107 cm³/mol. The quantitative estimate of drug-likeness (QED) is 0.363. The Bertz CT molecular complexity index is 687. The Kier molecular flexibility index (Phi) is 6.18. The van der Waals surface area contributed by atoms with E-state index < -0.39 is 17.5 Å². The number of hydrogen-bond acceptors (Lipinski definition) is 0. The lowest BCUT2D eigenvalue weighted by Gasteiger charge is -2.51. The first kappa shape index (κ1) is 20.0. The number of allylic oxidation sites excluding steroid dienone is 2. The van der Waals surface area contributed by atoms with Crippen molar-refractivity contribution in [2.75, 3.05) is 0 Å². The number of fused-ring (bicyclic) bond motifs is 3. The van der Waals surface area contributed by atoms with Crippen LogP contribution in [0, 0.1) is 47.0 Å². The molecule has 6 unspecified atom stereocenters. The summed E-state index contributed by atoms with van der Waals surface area (Å²) in [5.41, 5.74) is 0.657. The van der Waals surface area contributed by atoms with Gasteiger partial charge in [0, 0.05) is 0 Å². The van der Waals surface area contributed by atoms with Gasteiger partial charge >= 0.3 is 0 Å². The van der Waals surface area contributed by atoms with Gasteiger partial charge in [0.2, 0.25) is 0 Å². The Morgan fingerprint density at radius 3 is 2.18 bits per heavy atom. The van der Waals surface area contributed by atoms with E-state index in [1.165, 1.54) is 63.5 Å². The van der Waals surface area contributed by atoms with Crippen molar-refractivity contribution in [1.29, 1.82) is 0 Å². The lowest BCUT2D eigenvalue weighted by atomic mass is 9.55. The van der Waals surface area contributed by atoms with Crippen LogP contribution in [0.5, 0.6) is 0 Å². The Morgan fingerprint density at radius 1 is 0.857 bits per heavy atom. The molecule has 0 amide bonds. The Morgan fingerprint density at radius 2 is 1.50 bits per heavy atom. The molecule has 3 aliphatic rings. The van der Waals surface area contributed by atoms with E-state index >= 15 is 0 Å². The van der Waals surface area contributed by atoms with E-state index in [9.17, 15) is 13.2 Å². The van der Waals surface area contributed by atoms with Gasteiger partial charge in [-0.15, -0.1) is 0 Å². The lowest BCUT2D eigenvalue weighted by Crippen LogP contribution is -2.41. The zero-order valence-electron chi connectivity index (χ0n) is 17.0. The number of halogens is 3. The highest BCUT2D eigenvalue weighted by Gasteiger charge is 2.44. The van der Waals surface area contributed by atoms with Gasteiger partial charge in [-0.3, -0.25) is 0 Å². The molecule has 0 aromatic heterocycles. The molecule has 0 heterocycles. The van der Waals surface area contributed by atoms with E-state index in [0.29, 0.717) is 11.5 Å². The van der Waals surface area contributed by atoms with Crippen LogP contribution in [-0.2, 0) is 0 Å². The van der Waals surface area contributed by atoms with Crippen molar-refractivity contribution in [3.63, 3.8) is 0 Å². The fourth-order valence-corrected chi connectivity index (χ4v) is 6.77. The van der Waals surface area contributed by atoms with Crippen molar-refractivity contribution in [3.05, 3.63) is 47.3 Å². The summed E-state index contributed by atoms with van der Waals surface area (Å²) in [6.45, 7) is 2.10. The monoisotopic (exact) mass is 390 g/mol. The van der Waals surface area contributed by atoms with Crippen molar-refractivity contribution >= 4 is 0 Å². The molecule has 0 N–H and O–H groups in total. The van der Waals surface area contributed by atoms with E-state index in [4.69, 9.17) is 0 Å². The average Bonchev–Trinajstić information content (AvgIpc) is 2.71. The number of rotatable bonds is 4. The van der Waals surface area contributed by atoms with Crippen molar-refractivity contribution in [2.45, 2.75) is 77.0 Å². The van der Waals surface area contributed by atoms with Crippen molar-refractivity contribution < 1.29 is 13.2 Å². The maximum absolute atomic E-state index is 13.7. The number of hydrogen-bond donors (Lipinski definition) is 0. The van der Waals surface area contributed by atoms with Crippen LogP contribution >= 0.6 is 0 Å². The molecule has 1 aromatic rings. The zero-order valence-corrected chi connectivity index (χ0v) is 17.0. The van der Waals surface area contributed by atoms with Crippen LogP contribution in [-0.4, -0.2) is 0 Å². The summed E-state index contributed by atoms with van der Waals surface area (Å²) in [5, 5.41) is 0. The molecular weight excluding hydrogens is 357 g/mol. The summed E-state index contributed by atoms with van der Waals surface area (Å²) < 4.78 is 40.7. The van der Waals surface area contributed by atoms with Crippen molar-refractivity contribution in [3.8, 4) is 0 Å². The molecule has 0 spiro atoms. The Hall–Kier alpha value is -1.25. The summed E-state index contributed by atoms with van der Waals surface area (Å²) >= 11 is 0. The molecule has 0 radical (unpaired) electrons. The second kappa shape index (κ2) is 8.63. The normalized spacial score (nSPS) is 35.6. The first-order valence-electron chi connectivity index (χ1n) is 11.3. The Balaban J connectivity index is 1.38. The average molecular weight is 391 g/mol. The van der Waals surface area contributed by atoms with Crippen LogP contribution < -0.4 is 0 Å². The van der Waals surface area contributed by atoms with Gasteiger partial charge < -0.3 is 0 Å². The summed E-state index contributed by atoms with van der Waals surface area (Å²) in [6, 6.07) is 2.45. The van der Waals surface area contributed by atoms with Crippen LogP contribution in [0.25, 0.3) is 0 Å². The van der Waals surface area contributed by atoms with Crippen molar-refractivity contribution in [1.82, 2.24) is 0 Å². The van der Waals surface area contributed by atoms with Gasteiger partial charge in [0.05, 0.1) is 0 Å². The highest BCUT2D eigenvalue weighted by atomic mass is 19.2. The third-order valence-corrected chi connectivity index (χ3v) is 8.10. The largest absolute Gasteiger partial charge is 0.204 e. The first-order chi connectivity index (χ1) is 13.6. The minimum Gasteiger partial charge on any atom is -0.204 e. The minimum atomic E-state index is -1.34. The van der Waals surface area contributed by atoms with Gasteiger partial charge in [0.15, 0.2) is 17.5 Å². The van der Waals surface area contributed by atoms with Gasteiger partial charge in [0.25, 0.3) is 0 Å². The molecule has 3 saturated carbocycles. The SMILES string of the molecule is C/C=C/CCC1CCC2C(CCC3CC(c4cc(F)c(F)c(F)c4)CCC32)C1. The standard InChI is InChI=1S/C25H33F3/c1-2-3-4-5-16-6-10-21-18(12-16)7-8-19-13-17(9-11-22(19)21)20-14-23(26)25(28)24(27)15-20/h2-3,14-19,21-22H,4-13H2,1H3/b3-2+. The van der Waals surface area contributed by atoms with Crippen LogP contribution in [0.2, 0.25) is 0 Å².